The lowest BCUT2D eigenvalue weighted by Gasteiger charge is -2.50. The van der Waals surface area contributed by atoms with Crippen molar-refractivity contribution in [2.24, 2.45) is 0 Å². The second-order valence-electron chi connectivity index (χ2n) is 16.4. The van der Waals surface area contributed by atoms with Crippen LogP contribution in [0.5, 0.6) is 0 Å². The first-order chi connectivity index (χ1) is 31.4. The summed E-state index contributed by atoms with van der Waals surface area (Å²) >= 11 is 0. The van der Waals surface area contributed by atoms with Crippen molar-refractivity contribution < 1.29 is 57.0 Å². The van der Waals surface area contributed by atoms with Gasteiger partial charge in [0.25, 0.3) is 0 Å². The average molecular weight is 892 g/mol. The van der Waals surface area contributed by atoms with E-state index in [1.165, 1.54) is 6.92 Å². The van der Waals surface area contributed by atoms with Gasteiger partial charge in [-0.3, -0.25) is 4.79 Å². The molecule has 2 fully saturated rings. The summed E-state index contributed by atoms with van der Waals surface area (Å²) in [6.07, 6.45) is -1.30. The summed E-state index contributed by atoms with van der Waals surface area (Å²) in [4.78, 5) is 27.1. The first-order valence-electron chi connectivity index (χ1n) is 23.6. The maximum absolute atomic E-state index is 14.1. The SMILES string of the molecule is CCCCOC1OC(COCc2ccccc2)C(OC2OC(COCc3ccccc3)C(OCCCC)C(OCCCC)C2OC(=O)c2ccccc2)C(OCCCC)C1NC(C)=O. The maximum atomic E-state index is 14.1. The molecule has 13 nitrogen and oxygen atoms in total. The number of amides is 1. The smallest absolute Gasteiger partial charge is 0.338 e. The zero-order valence-corrected chi connectivity index (χ0v) is 38.6. The zero-order chi connectivity index (χ0) is 45.4. The van der Waals surface area contributed by atoms with Gasteiger partial charge in [-0.2, -0.15) is 0 Å². The third kappa shape index (κ3) is 16.3. The Morgan fingerprint density at radius 1 is 0.531 bits per heavy atom. The minimum Gasteiger partial charge on any atom is -0.450 e. The second kappa shape index (κ2) is 29.0. The van der Waals surface area contributed by atoms with E-state index >= 15 is 0 Å². The van der Waals surface area contributed by atoms with Crippen molar-refractivity contribution in [3.05, 3.63) is 108 Å². The lowest BCUT2D eigenvalue weighted by Crippen LogP contribution is -2.69. The fraction of sp³-hybridized carbons (Fsp3) is 0.608. The topological polar surface area (TPSA) is 138 Å². The molecule has 0 aromatic heterocycles. The van der Waals surface area contributed by atoms with Crippen LogP contribution in [0.3, 0.4) is 0 Å². The number of hydrogen-bond acceptors (Lipinski definition) is 12. The molecular formula is C51H73NO12. The molecule has 2 aliphatic rings. The molecule has 2 heterocycles. The van der Waals surface area contributed by atoms with Crippen LogP contribution in [0.4, 0.5) is 0 Å². The van der Waals surface area contributed by atoms with Gasteiger partial charge in [0, 0.05) is 33.4 Å². The first kappa shape index (κ1) is 51.2. The van der Waals surface area contributed by atoms with E-state index in [4.69, 9.17) is 47.4 Å². The molecule has 1 N–H and O–H groups in total. The Hall–Kier alpha value is -3.76. The Kier molecular flexibility index (Phi) is 23.2. The fourth-order valence-electron chi connectivity index (χ4n) is 7.66. The van der Waals surface area contributed by atoms with Gasteiger partial charge in [-0.15, -0.1) is 0 Å². The van der Waals surface area contributed by atoms with Gasteiger partial charge >= 0.3 is 5.97 Å². The molecule has 2 aliphatic heterocycles. The summed E-state index contributed by atoms with van der Waals surface area (Å²) in [6, 6.07) is 27.8. The minimum atomic E-state index is -1.24. The molecule has 2 saturated heterocycles. The quantitative estimate of drug-likeness (QED) is 0.0530. The van der Waals surface area contributed by atoms with E-state index in [1.807, 2.05) is 66.7 Å². The van der Waals surface area contributed by atoms with Crippen molar-refractivity contribution in [3.63, 3.8) is 0 Å². The van der Waals surface area contributed by atoms with E-state index in [9.17, 15) is 9.59 Å². The van der Waals surface area contributed by atoms with E-state index in [1.54, 1.807) is 24.3 Å². The van der Waals surface area contributed by atoms with Gasteiger partial charge in [-0.05, 0) is 48.9 Å². The van der Waals surface area contributed by atoms with Crippen LogP contribution in [0.2, 0.25) is 0 Å². The van der Waals surface area contributed by atoms with E-state index in [2.05, 4.69) is 33.0 Å². The number of rotatable bonds is 29. The molecule has 354 valence electrons. The predicted molar refractivity (Wildman–Crippen MR) is 242 cm³/mol. The molecule has 0 radical (unpaired) electrons. The summed E-state index contributed by atoms with van der Waals surface area (Å²) in [7, 11) is 0. The molecule has 0 spiro atoms. The normalized spacial score (nSPS) is 25.8. The Morgan fingerprint density at radius 3 is 1.50 bits per heavy atom. The molecule has 13 heteroatoms. The largest absolute Gasteiger partial charge is 0.450 e. The van der Waals surface area contributed by atoms with Crippen LogP contribution in [-0.2, 0) is 65.4 Å². The molecule has 0 aliphatic carbocycles. The highest BCUT2D eigenvalue weighted by Gasteiger charge is 2.55. The number of carbonyl (C=O) groups excluding carboxylic acids is 2. The first-order valence-corrected chi connectivity index (χ1v) is 23.6. The van der Waals surface area contributed by atoms with Gasteiger partial charge in [0.15, 0.2) is 18.7 Å². The Morgan fingerprint density at radius 2 is 0.984 bits per heavy atom. The monoisotopic (exact) mass is 892 g/mol. The highest BCUT2D eigenvalue weighted by Crippen LogP contribution is 2.35. The van der Waals surface area contributed by atoms with Crippen molar-refractivity contribution in [2.45, 2.75) is 161 Å². The molecule has 3 aromatic carbocycles. The number of hydrogen-bond donors (Lipinski definition) is 1. The lowest BCUT2D eigenvalue weighted by molar-refractivity contribution is -0.357. The highest BCUT2D eigenvalue weighted by molar-refractivity contribution is 5.89. The number of benzene rings is 3. The molecule has 5 rings (SSSR count). The van der Waals surface area contributed by atoms with Crippen LogP contribution in [0.15, 0.2) is 91.0 Å². The van der Waals surface area contributed by atoms with E-state index < -0.39 is 67.3 Å². The van der Waals surface area contributed by atoms with E-state index in [0.717, 1.165) is 62.5 Å². The van der Waals surface area contributed by atoms with Crippen molar-refractivity contribution >= 4 is 11.9 Å². The van der Waals surface area contributed by atoms with Crippen LogP contribution in [0, 0.1) is 0 Å². The van der Waals surface area contributed by atoms with Crippen LogP contribution in [-0.4, -0.2) is 113 Å². The average Bonchev–Trinajstić information content (AvgIpc) is 3.31. The number of ether oxygens (including phenoxy) is 10. The lowest BCUT2D eigenvalue weighted by atomic mass is 9.94. The third-order valence-electron chi connectivity index (χ3n) is 11.1. The highest BCUT2D eigenvalue weighted by atomic mass is 16.8. The number of esters is 1. The molecular weight excluding hydrogens is 819 g/mol. The maximum Gasteiger partial charge on any atom is 0.338 e. The summed E-state index contributed by atoms with van der Waals surface area (Å²) in [6.45, 7) is 12.3. The second-order valence-corrected chi connectivity index (χ2v) is 16.4. The van der Waals surface area contributed by atoms with E-state index in [-0.39, 0.29) is 19.1 Å². The number of unbranched alkanes of at least 4 members (excludes halogenated alkanes) is 4. The standard InChI is InChI=1S/C51H73NO12/c1-6-10-29-57-44-41(35-55-33-38-23-17-14-18-24-38)62-51(48(47(44)59-31-12-8-3)63-49(54)40-27-21-16-22-28-40)64-45-42(36-56-34-39-25-19-15-20-26-39)61-50(60-32-13-9-4)43(52-37(5)53)46(45)58-30-11-7-2/h14-28,41-48,50-51H,6-13,29-36H2,1-5H3,(H,52,53). The van der Waals surface area contributed by atoms with Crippen LogP contribution in [0.1, 0.15) is 107 Å². The van der Waals surface area contributed by atoms with Crippen molar-refractivity contribution in [1.29, 1.82) is 0 Å². The number of carbonyl (C=O) groups is 2. The molecule has 10 atom stereocenters. The van der Waals surface area contributed by atoms with Crippen LogP contribution < -0.4 is 5.32 Å². The minimum absolute atomic E-state index is 0.0810. The van der Waals surface area contributed by atoms with Crippen LogP contribution in [0.25, 0.3) is 0 Å². The van der Waals surface area contributed by atoms with Gasteiger partial charge < -0.3 is 52.7 Å². The fourth-order valence-corrected chi connectivity index (χ4v) is 7.66. The molecule has 64 heavy (non-hydrogen) atoms. The Bertz CT molecular complexity index is 1700. The van der Waals surface area contributed by atoms with Crippen molar-refractivity contribution in [1.82, 2.24) is 5.32 Å². The third-order valence-corrected chi connectivity index (χ3v) is 11.1. The zero-order valence-electron chi connectivity index (χ0n) is 38.6. The summed E-state index contributed by atoms with van der Waals surface area (Å²) in [5.74, 6) is -0.855. The number of nitrogens with one attached hydrogen (secondary N) is 1. The van der Waals surface area contributed by atoms with E-state index in [0.29, 0.717) is 45.2 Å². The molecule has 1 amide bonds. The van der Waals surface area contributed by atoms with Crippen molar-refractivity contribution in [3.8, 4) is 0 Å². The molecule has 10 unspecified atom stereocenters. The van der Waals surface area contributed by atoms with Gasteiger partial charge in [0.2, 0.25) is 5.91 Å². The van der Waals surface area contributed by atoms with Gasteiger partial charge in [-0.1, -0.05) is 132 Å². The molecule has 0 bridgehead atoms. The van der Waals surface area contributed by atoms with Gasteiger partial charge in [-0.25, -0.2) is 4.79 Å². The molecule has 0 saturated carbocycles. The van der Waals surface area contributed by atoms with Gasteiger partial charge in [0.05, 0.1) is 32.0 Å². The Labute approximate surface area is 381 Å². The van der Waals surface area contributed by atoms with Crippen LogP contribution >= 0.6 is 0 Å². The summed E-state index contributed by atoms with van der Waals surface area (Å²) in [5.41, 5.74) is 2.35. The van der Waals surface area contributed by atoms with Crippen molar-refractivity contribution in [2.75, 3.05) is 39.6 Å². The Balaban J connectivity index is 1.58. The molecule has 3 aromatic rings. The predicted octanol–water partition coefficient (Wildman–Crippen LogP) is 8.36. The summed E-state index contributed by atoms with van der Waals surface area (Å²) in [5, 5.41) is 3.08. The van der Waals surface area contributed by atoms with Gasteiger partial charge in [0.1, 0.15) is 42.7 Å². The summed E-state index contributed by atoms with van der Waals surface area (Å²) < 4.78 is 66.7.